The van der Waals surface area contributed by atoms with Gasteiger partial charge in [0.1, 0.15) is 17.7 Å². The van der Waals surface area contributed by atoms with E-state index in [-0.39, 0.29) is 29.0 Å². The van der Waals surface area contributed by atoms with Gasteiger partial charge in [-0.05, 0) is 19.1 Å². The van der Waals surface area contributed by atoms with Crippen LogP contribution in [0, 0.1) is 12.7 Å². The molecule has 0 bridgehead atoms. The second-order valence-corrected chi connectivity index (χ2v) is 5.93. The highest BCUT2D eigenvalue weighted by atomic mass is 35.5. The molecule has 3 rings (SSSR count). The highest BCUT2D eigenvalue weighted by molar-refractivity contribution is 6.31. The van der Waals surface area contributed by atoms with Crippen LogP contribution in [0.5, 0.6) is 0 Å². The van der Waals surface area contributed by atoms with Gasteiger partial charge in [-0.2, -0.15) is 0 Å². The number of benzene rings is 1. The van der Waals surface area contributed by atoms with E-state index in [1.165, 1.54) is 12.1 Å². The van der Waals surface area contributed by atoms with Crippen molar-refractivity contribution in [1.82, 2.24) is 14.9 Å². The molecule has 0 aliphatic carbocycles. The number of morpholine rings is 1. The summed E-state index contributed by atoms with van der Waals surface area (Å²) in [6.07, 6.45) is 1.37. The first kappa shape index (κ1) is 16.0. The van der Waals surface area contributed by atoms with Gasteiger partial charge in [-0.3, -0.25) is 4.79 Å². The van der Waals surface area contributed by atoms with Crippen LogP contribution in [0.15, 0.2) is 24.4 Å². The third-order valence-corrected chi connectivity index (χ3v) is 4.19. The molecule has 2 heterocycles. The van der Waals surface area contributed by atoms with Crippen LogP contribution in [0.25, 0.3) is 0 Å². The van der Waals surface area contributed by atoms with E-state index in [1.807, 2.05) is 6.92 Å². The van der Waals surface area contributed by atoms with Crippen LogP contribution in [0.3, 0.4) is 0 Å². The highest BCUT2D eigenvalue weighted by Gasteiger charge is 2.27. The van der Waals surface area contributed by atoms with Crippen LogP contribution in [0.2, 0.25) is 5.02 Å². The van der Waals surface area contributed by atoms with Gasteiger partial charge in [0.25, 0.3) is 0 Å². The van der Waals surface area contributed by atoms with E-state index < -0.39 is 5.82 Å². The number of carbonyl (C=O) groups is 1. The van der Waals surface area contributed by atoms with E-state index in [9.17, 15) is 9.18 Å². The predicted octanol–water partition coefficient (Wildman–Crippen LogP) is 2.65. The Morgan fingerprint density at radius 2 is 2.39 bits per heavy atom. The lowest BCUT2D eigenvalue weighted by Crippen LogP contribution is -2.43. The smallest absolute Gasteiger partial charge is 0.227 e. The second-order valence-electron chi connectivity index (χ2n) is 5.53. The van der Waals surface area contributed by atoms with E-state index in [2.05, 4.69) is 9.97 Å². The number of aromatic nitrogens is 2. The van der Waals surface area contributed by atoms with Crippen molar-refractivity contribution in [1.29, 1.82) is 0 Å². The summed E-state index contributed by atoms with van der Waals surface area (Å²) >= 11 is 5.99. The van der Waals surface area contributed by atoms with Crippen molar-refractivity contribution in [2.75, 3.05) is 19.7 Å². The molecule has 1 atom stereocenters. The Kier molecular flexibility index (Phi) is 4.63. The normalized spacial score (nSPS) is 18.2. The average molecular weight is 338 g/mol. The first-order valence-corrected chi connectivity index (χ1v) is 7.76. The van der Waals surface area contributed by atoms with Gasteiger partial charge in [-0.25, -0.2) is 9.37 Å². The molecule has 122 valence electrons. The molecule has 5 nitrogen and oxygen atoms in total. The molecular weight excluding hydrogens is 321 g/mol. The maximum Gasteiger partial charge on any atom is 0.227 e. The third kappa shape index (κ3) is 3.54. The van der Waals surface area contributed by atoms with Gasteiger partial charge in [0, 0.05) is 29.0 Å². The number of H-pyrrole nitrogens is 1. The van der Waals surface area contributed by atoms with Crippen molar-refractivity contribution in [3.63, 3.8) is 0 Å². The third-order valence-electron chi connectivity index (χ3n) is 3.84. The minimum Gasteiger partial charge on any atom is -0.367 e. The van der Waals surface area contributed by atoms with Crippen LogP contribution in [-0.4, -0.2) is 40.5 Å². The van der Waals surface area contributed by atoms with Gasteiger partial charge in [0.15, 0.2) is 0 Å². The maximum absolute atomic E-state index is 13.8. The van der Waals surface area contributed by atoms with Gasteiger partial charge < -0.3 is 14.6 Å². The molecular formula is C16H17ClFN3O2. The highest BCUT2D eigenvalue weighted by Crippen LogP contribution is 2.23. The van der Waals surface area contributed by atoms with Gasteiger partial charge in [-0.1, -0.05) is 17.7 Å². The zero-order chi connectivity index (χ0) is 16.4. The summed E-state index contributed by atoms with van der Waals surface area (Å²) in [5.41, 5.74) is 1.17. The number of ether oxygens (including phenoxy) is 1. The largest absolute Gasteiger partial charge is 0.367 e. The summed E-state index contributed by atoms with van der Waals surface area (Å²) < 4.78 is 19.5. The number of halogens is 2. The van der Waals surface area contributed by atoms with Crippen molar-refractivity contribution in [2.24, 2.45) is 0 Å². The van der Waals surface area contributed by atoms with Crippen LogP contribution >= 0.6 is 11.6 Å². The Morgan fingerprint density at radius 3 is 3.09 bits per heavy atom. The topological polar surface area (TPSA) is 58.2 Å². The Labute approximate surface area is 138 Å². The number of nitrogens with one attached hydrogen (secondary N) is 1. The van der Waals surface area contributed by atoms with Crippen LogP contribution in [0.4, 0.5) is 4.39 Å². The molecule has 1 saturated heterocycles. The Morgan fingerprint density at radius 1 is 1.57 bits per heavy atom. The lowest BCUT2D eigenvalue weighted by Gasteiger charge is -2.32. The molecule has 0 radical (unpaired) electrons. The van der Waals surface area contributed by atoms with E-state index in [0.717, 1.165) is 5.69 Å². The molecule has 1 N–H and O–H groups in total. The molecule has 0 unspecified atom stereocenters. The van der Waals surface area contributed by atoms with Gasteiger partial charge >= 0.3 is 0 Å². The van der Waals surface area contributed by atoms with Gasteiger partial charge in [0.2, 0.25) is 5.91 Å². The lowest BCUT2D eigenvalue weighted by molar-refractivity contribution is -0.138. The number of hydrogen-bond donors (Lipinski definition) is 1. The fourth-order valence-electron chi connectivity index (χ4n) is 2.60. The number of aromatic amines is 1. The van der Waals surface area contributed by atoms with Crippen LogP contribution < -0.4 is 0 Å². The molecule has 1 aromatic carbocycles. The molecule has 0 saturated carbocycles. The fourth-order valence-corrected chi connectivity index (χ4v) is 2.83. The summed E-state index contributed by atoms with van der Waals surface area (Å²) in [6, 6.07) is 4.42. The molecule has 2 aromatic rings. The van der Waals surface area contributed by atoms with E-state index in [4.69, 9.17) is 16.3 Å². The zero-order valence-corrected chi connectivity index (χ0v) is 13.4. The maximum atomic E-state index is 13.8. The first-order chi connectivity index (χ1) is 11.0. The van der Waals surface area contributed by atoms with Gasteiger partial charge in [0.05, 0.1) is 19.6 Å². The van der Waals surface area contributed by atoms with Crippen molar-refractivity contribution in [2.45, 2.75) is 19.4 Å². The number of carbonyl (C=O) groups excluding carboxylic acids is 1. The quantitative estimate of drug-likeness (QED) is 0.936. The van der Waals surface area contributed by atoms with Crippen LogP contribution in [-0.2, 0) is 16.0 Å². The minimum atomic E-state index is -0.461. The predicted molar refractivity (Wildman–Crippen MR) is 83.7 cm³/mol. The van der Waals surface area contributed by atoms with E-state index >= 15 is 0 Å². The zero-order valence-electron chi connectivity index (χ0n) is 12.7. The monoisotopic (exact) mass is 337 g/mol. The molecule has 0 spiro atoms. The molecule has 7 heteroatoms. The summed E-state index contributed by atoms with van der Waals surface area (Å²) in [6.45, 7) is 3.18. The van der Waals surface area contributed by atoms with E-state index in [0.29, 0.717) is 25.5 Å². The number of rotatable bonds is 3. The average Bonchev–Trinajstić information content (AvgIpc) is 2.97. The number of aryl methyl sites for hydroxylation is 1. The second kappa shape index (κ2) is 6.68. The molecule has 1 aromatic heterocycles. The van der Waals surface area contributed by atoms with Crippen molar-refractivity contribution in [3.8, 4) is 0 Å². The molecule has 1 aliphatic heterocycles. The fraction of sp³-hybridized carbons (Fsp3) is 0.375. The molecule has 1 aliphatic rings. The first-order valence-electron chi connectivity index (χ1n) is 7.38. The Hall–Kier alpha value is -1.92. The summed E-state index contributed by atoms with van der Waals surface area (Å²) in [5, 5.41) is 0.268. The Balaban J connectivity index is 1.70. The van der Waals surface area contributed by atoms with Crippen molar-refractivity contribution in [3.05, 3.63) is 52.3 Å². The lowest BCUT2D eigenvalue weighted by atomic mass is 10.1. The molecule has 1 amide bonds. The van der Waals surface area contributed by atoms with Crippen molar-refractivity contribution < 1.29 is 13.9 Å². The number of imidazole rings is 1. The number of nitrogens with zero attached hydrogens (tertiary/aromatic N) is 2. The summed E-state index contributed by atoms with van der Waals surface area (Å²) in [7, 11) is 0. The van der Waals surface area contributed by atoms with E-state index in [1.54, 1.807) is 17.2 Å². The number of hydrogen-bond acceptors (Lipinski definition) is 3. The summed E-state index contributed by atoms with van der Waals surface area (Å²) in [5.74, 6) is 0.0646. The van der Waals surface area contributed by atoms with Crippen molar-refractivity contribution >= 4 is 17.5 Å². The van der Waals surface area contributed by atoms with Crippen LogP contribution in [0.1, 0.15) is 23.2 Å². The minimum absolute atomic E-state index is 0.0601. The Bertz CT molecular complexity index is 699. The SMILES string of the molecule is Cc1cnc([C@H]2CN(C(=O)Cc3c(F)cccc3Cl)CCO2)[nH]1. The number of amides is 1. The summed E-state index contributed by atoms with van der Waals surface area (Å²) in [4.78, 5) is 21.5. The molecule has 23 heavy (non-hydrogen) atoms. The standard InChI is InChI=1S/C16H17ClFN3O2/c1-10-8-19-16(20-10)14-9-21(5-6-23-14)15(22)7-11-12(17)3-2-4-13(11)18/h2-4,8,14H,5-7,9H2,1H3,(H,19,20)/t14-/m1/s1. The van der Waals surface area contributed by atoms with Gasteiger partial charge in [-0.15, -0.1) is 0 Å². The molecule has 1 fully saturated rings.